The molecular weight excluding hydrogens is 272 g/mol. The van der Waals surface area contributed by atoms with Crippen molar-refractivity contribution in [2.75, 3.05) is 0 Å². The lowest BCUT2D eigenvalue weighted by Crippen LogP contribution is -1.91. The number of hydrogen-bond acceptors (Lipinski definition) is 3. The normalized spacial score (nSPS) is 11.4. The molecule has 0 radical (unpaired) electrons. The van der Waals surface area contributed by atoms with E-state index in [9.17, 15) is 0 Å². The van der Waals surface area contributed by atoms with Crippen LogP contribution in [0.5, 0.6) is 0 Å². The Morgan fingerprint density at radius 3 is 2.86 bits per heavy atom. The summed E-state index contributed by atoms with van der Waals surface area (Å²) in [6, 6.07) is 10.5. The molecule has 1 aromatic carbocycles. The van der Waals surface area contributed by atoms with Gasteiger partial charge in [-0.25, -0.2) is 0 Å². The van der Waals surface area contributed by atoms with Gasteiger partial charge in [-0.1, -0.05) is 6.92 Å². The second-order valence-corrected chi connectivity index (χ2v) is 5.57. The topological polar surface area (TPSA) is 38.9 Å². The van der Waals surface area contributed by atoms with E-state index < -0.39 is 0 Å². The minimum absolute atomic E-state index is 0.838. The van der Waals surface area contributed by atoms with E-state index in [1.807, 2.05) is 18.5 Å². The molecule has 4 rings (SSSR count). The Morgan fingerprint density at radius 2 is 2.00 bits per heavy atom. The first kappa shape index (κ1) is 13.0. The van der Waals surface area contributed by atoms with E-state index in [1.165, 1.54) is 5.56 Å². The van der Waals surface area contributed by atoms with Gasteiger partial charge in [0.1, 0.15) is 5.52 Å². The summed E-state index contributed by atoms with van der Waals surface area (Å²) < 4.78 is 5.62. The van der Waals surface area contributed by atoms with E-state index >= 15 is 0 Å². The summed E-state index contributed by atoms with van der Waals surface area (Å²) in [5.74, 6) is 0. The Hall–Kier alpha value is -2.68. The van der Waals surface area contributed by atoms with Crippen molar-refractivity contribution in [1.82, 2.24) is 9.97 Å². The average Bonchev–Trinajstić information content (AvgIpc) is 3.02. The highest BCUT2D eigenvalue weighted by molar-refractivity contribution is 6.09. The molecule has 0 aliphatic heterocycles. The second kappa shape index (κ2) is 4.95. The zero-order valence-corrected chi connectivity index (χ0v) is 12.6. The Bertz CT molecular complexity index is 985. The summed E-state index contributed by atoms with van der Waals surface area (Å²) in [6.07, 6.45) is 6.47. The van der Waals surface area contributed by atoms with Gasteiger partial charge in [-0.15, -0.1) is 0 Å². The van der Waals surface area contributed by atoms with Gasteiger partial charge in [0.05, 0.1) is 12.0 Å². The smallest absolute Gasteiger partial charge is 0.160 e. The number of furan rings is 1. The maximum Gasteiger partial charge on any atom is 0.160 e. The predicted octanol–water partition coefficient (Wildman–Crippen LogP) is 4.91. The van der Waals surface area contributed by atoms with Crippen LogP contribution >= 0.6 is 0 Å². The van der Waals surface area contributed by atoms with Gasteiger partial charge in [-0.2, -0.15) is 0 Å². The fourth-order valence-electron chi connectivity index (χ4n) is 2.87. The maximum atomic E-state index is 5.62. The first-order valence-electron chi connectivity index (χ1n) is 7.48. The van der Waals surface area contributed by atoms with E-state index in [4.69, 9.17) is 4.42 Å². The van der Waals surface area contributed by atoms with Gasteiger partial charge < -0.3 is 4.42 Å². The minimum Gasteiger partial charge on any atom is -0.462 e. The highest BCUT2D eigenvalue weighted by Crippen LogP contribution is 2.34. The van der Waals surface area contributed by atoms with Crippen LogP contribution in [0.4, 0.5) is 0 Å². The van der Waals surface area contributed by atoms with Crippen molar-refractivity contribution >= 4 is 21.9 Å². The summed E-state index contributed by atoms with van der Waals surface area (Å²) in [5, 5.41) is 2.14. The molecular formula is C19H16N2O. The van der Waals surface area contributed by atoms with Gasteiger partial charge in [0.25, 0.3) is 0 Å². The molecule has 4 aromatic rings. The molecule has 3 heterocycles. The Kier molecular flexibility index (Phi) is 2.93. The van der Waals surface area contributed by atoms with Crippen LogP contribution in [-0.4, -0.2) is 9.97 Å². The van der Waals surface area contributed by atoms with Crippen molar-refractivity contribution in [3.05, 3.63) is 60.1 Å². The predicted molar refractivity (Wildman–Crippen MR) is 88.9 cm³/mol. The van der Waals surface area contributed by atoms with E-state index in [1.54, 1.807) is 6.26 Å². The lowest BCUT2D eigenvalue weighted by Gasteiger charge is -2.08. The third-order valence-corrected chi connectivity index (χ3v) is 4.03. The Balaban J connectivity index is 2.11. The zero-order chi connectivity index (χ0) is 15.1. The molecule has 0 unspecified atom stereocenters. The molecule has 0 spiro atoms. The first-order valence-corrected chi connectivity index (χ1v) is 7.48. The minimum atomic E-state index is 0.838. The molecule has 0 fully saturated rings. The number of aromatic nitrogens is 2. The number of aryl methyl sites for hydroxylation is 2. The summed E-state index contributed by atoms with van der Waals surface area (Å²) >= 11 is 0. The average molecular weight is 288 g/mol. The van der Waals surface area contributed by atoms with Gasteiger partial charge in [-0.05, 0) is 54.8 Å². The Labute approximate surface area is 128 Å². The highest BCUT2D eigenvalue weighted by atomic mass is 16.3. The van der Waals surface area contributed by atoms with Gasteiger partial charge in [0, 0.05) is 28.7 Å². The van der Waals surface area contributed by atoms with Crippen molar-refractivity contribution in [3.63, 3.8) is 0 Å². The molecule has 0 amide bonds. The van der Waals surface area contributed by atoms with Crippen LogP contribution in [0.2, 0.25) is 0 Å². The SMILES string of the molecule is CCc1ccnc(-c2cc3ccoc3c3ncc(C)cc23)c1. The van der Waals surface area contributed by atoms with Crippen LogP contribution in [-0.2, 0) is 6.42 Å². The third-order valence-electron chi connectivity index (χ3n) is 4.03. The van der Waals surface area contributed by atoms with Crippen LogP contribution in [0.15, 0.2) is 53.4 Å². The summed E-state index contributed by atoms with van der Waals surface area (Å²) in [6.45, 7) is 4.21. The van der Waals surface area contributed by atoms with E-state index in [2.05, 4.69) is 48.1 Å². The monoisotopic (exact) mass is 288 g/mol. The lowest BCUT2D eigenvalue weighted by atomic mass is 10.00. The van der Waals surface area contributed by atoms with Crippen LogP contribution < -0.4 is 0 Å². The fraction of sp³-hybridized carbons (Fsp3) is 0.158. The van der Waals surface area contributed by atoms with Crippen molar-refractivity contribution in [1.29, 1.82) is 0 Å². The number of benzene rings is 1. The molecule has 0 saturated heterocycles. The third kappa shape index (κ3) is 1.98. The molecule has 0 atom stereocenters. The van der Waals surface area contributed by atoms with Crippen molar-refractivity contribution in [2.45, 2.75) is 20.3 Å². The molecule has 3 heteroatoms. The molecule has 108 valence electrons. The fourth-order valence-corrected chi connectivity index (χ4v) is 2.87. The molecule has 3 nitrogen and oxygen atoms in total. The van der Waals surface area contributed by atoms with Crippen LogP contribution in [0.25, 0.3) is 33.1 Å². The largest absolute Gasteiger partial charge is 0.462 e. The molecule has 0 aliphatic rings. The molecule has 0 saturated carbocycles. The van der Waals surface area contributed by atoms with E-state index in [-0.39, 0.29) is 0 Å². The lowest BCUT2D eigenvalue weighted by molar-refractivity contribution is 0.618. The number of fused-ring (bicyclic) bond motifs is 3. The van der Waals surface area contributed by atoms with Gasteiger partial charge in [-0.3, -0.25) is 9.97 Å². The van der Waals surface area contributed by atoms with Gasteiger partial charge in [0.15, 0.2) is 5.58 Å². The zero-order valence-electron chi connectivity index (χ0n) is 12.6. The first-order chi connectivity index (χ1) is 10.8. The summed E-state index contributed by atoms with van der Waals surface area (Å²) in [4.78, 5) is 9.16. The second-order valence-electron chi connectivity index (χ2n) is 5.57. The van der Waals surface area contributed by atoms with E-state index in [0.717, 1.165) is 45.1 Å². The maximum absolute atomic E-state index is 5.62. The number of pyridine rings is 2. The molecule has 0 N–H and O–H groups in total. The molecule has 0 bridgehead atoms. The van der Waals surface area contributed by atoms with Crippen LogP contribution in [0.1, 0.15) is 18.1 Å². The Morgan fingerprint density at radius 1 is 1.09 bits per heavy atom. The number of rotatable bonds is 2. The number of hydrogen-bond donors (Lipinski definition) is 0. The van der Waals surface area contributed by atoms with Crippen LogP contribution in [0, 0.1) is 6.92 Å². The molecule has 22 heavy (non-hydrogen) atoms. The van der Waals surface area contributed by atoms with Crippen LogP contribution in [0.3, 0.4) is 0 Å². The summed E-state index contributed by atoms with van der Waals surface area (Å²) in [5.41, 5.74) is 6.24. The molecule has 3 aromatic heterocycles. The van der Waals surface area contributed by atoms with Crippen molar-refractivity contribution < 1.29 is 4.42 Å². The molecule has 0 aliphatic carbocycles. The summed E-state index contributed by atoms with van der Waals surface area (Å²) in [7, 11) is 0. The van der Waals surface area contributed by atoms with E-state index in [0.29, 0.717) is 0 Å². The quantitative estimate of drug-likeness (QED) is 0.526. The van der Waals surface area contributed by atoms with Gasteiger partial charge >= 0.3 is 0 Å². The van der Waals surface area contributed by atoms with Crippen molar-refractivity contribution in [2.24, 2.45) is 0 Å². The highest BCUT2D eigenvalue weighted by Gasteiger charge is 2.13. The van der Waals surface area contributed by atoms with Crippen molar-refractivity contribution in [3.8, 4) is 11.3 Å². The number of nitrogens with zero attached hydrogens (tertiary/aromatic N) is 2. The standard InChI is InChI=1S/C19H16N2O/c1-3-13-4-6-20-17(9-13)15-10-14-5-7-22-19(14)18-16(15)8-12(2)11-21-18/h4-11H,3H2,1-2H3. The van der Waals surface area contributed by atoms with Gasteiger partial charge in [0.2, 0.25) is 0 Å².